The monoisotopic (exact) mass is 758 g/mol. The Balaban J connectivity index is 0.000000253. The quantitative estimate of drug-likeness (QED) is 0.101. The Morgan fingerprint density at radius 1 is 0.660 bits per heavy atom. The van der Waals surface area contributed by atoms with E-state index in [-0.39, 0.29) is 17.8 Å². The maximum atomic E-state index is 5.40. The molecule has 0 amide bonds. The van der Waals surface area contributed by atoms with E-state index in [1.54, 1.807) is 23.3 Å². The zero-order chi connectivity index (χ0) is 33.3. The average molecular weight is 761 g/mol. The van der Waals surface area contributed by atoms with Crippen molar-refractivity contribution in [3.63, 3.8) is 0 Å². The van der Waals surface area contributed by atoms with E-state index in [0.29, 0.717) is 18.3 Å². The first-order valence-corrected chi connectivity index (χ1v) is 22.1. The second kappa shape index (κ2) is 21.6. The summed E-state index contributed by atoms with van der Waals surface area (Å²) in [5, 5.41) is 12.2. The van der Waals surface area contributed by atoms with E-state index in [9.17, 15) is 0 Å². The van der Waals surface area contributed by atoms with Crippen molar-refractivity contribution in [3.8, 4) is 11.5 Å². The summed E-state index contributed by atoms with van der Waals surface area (Å²) in [5.74, 6) is 1.69. The number of anilines is 2. The van der Waals surface area contributed by atoms with Crippen LogP contribution >= 0.6 is 24.6 Å². The van der Waals surface area contributed by atoms with Gasteiger partial charge in [0.2, 0.25) is 0 Å². The molecule has 0 heterocycles. The van der Waals surface area contributed by atoms with E-state index < -0.39 is 0 Å². The molecule has 0 aromatic heterocycles. The van der Waals surface area contributed by atoms with Gasteiger partial charge in [-0.3, -0.25) is 0 Å². The van der Waals surface area contributed by atoms with Crippen LogP contribution in [0.25, 0.3) is 21.5 Å². The van der Waals surface area contributed by atoms with Crippen molar-refractivity contribution in [2.24, 2.45) is 0 Å². The van der Waals surface area contributed by atoms with Gasteiger partial charge < -0.3 is 20.1 Å². The first-order chi connectivity index (χ1) is 22.2. The number of rotatable bonds is 6. The van der Waals surface area contributed by atoms with E-state index in [2.05, 4.69) is 110 Å². The van der Waals surface area contributed by atoms with Crippen LogP contribution in [0.3, 0.4) is 0 Å². The van der Waals surface area contributed by atoms with Gasteiger partial charge in [0, 0.05) is 11.4 Å². The minimum Gasteiger partial charge on any atom is -0.165 e. The van der Waals surface area contributed by atoms with Gasteiger partial charge in [-0.05, 0) is 74.6 Å². The van der Waals surface area contributed by atoms with Crippen molar-refractivity contribution in [1.29, 1.82) is 0 Å². The topological polar surface area (TPSA) is 42.5 Å². The molecule has 0 saturated heterocycles. The zero-order valence-electron chi connectivity index (χ0n) is 28.1. The van der Waals surface area contributed by atoms with Crippen molar-refractivity contribution < 1.29 is 32.8 Å². The second-order valence-corrected chi connectivity index (χ2v) is 20.6. The first-order valence-electron chi connectivity index (χ1n) is 15.5. The van der Waals surface area contributed by atoms with E-state index in [0.717, 1.165) is 22.9 Å². The third-order valence-electron chi connectivity index (χ3n) is 6.37. The van der Waals surface area contributed by atoms with E-state index in [1.807, 2.05) is 62.4 Å². The number of thiocarbonyl (C=S) groups is 1. The molecule has 6 aromatic rings. The molecule has 0 saturated carbocycles. The summed E-state index contributed by atoms with van der Waals surface area (Å²) in [5.41, 5.74) is 4.73. The molecule has 244 valence electrons. The zero-order valence-corrected chi connectivity index (χ0v) is 33.2. The van der Waals surface area contributed by atoms with Gasteiger partial charge in [0.05, 0.1) is 13.2 Å². The van der Waals surface area contributed by atoms with E-state index >= 15 is 0 Å². The minimum atomic E-state index is 0. The van der Waals surface area contributed by atoms with Gasteiger partial charge in [-0.25, -0.2) is 0 Å². The van der Waals surface area contributed by atoms with Gasteiger partial charge in [-0.15, -0.1) is 93.6 Å². The molecule has 0 radical (unpaired) electrons. The molecular weight excluding hydrogens is 715 g/mol. The summed E-state index contributed by atoms with van der Waals surface area (Å²) >= 11 is 7.04. The largest absolute Gasteiger partial charge is 0.165 e. The summed E-state index contributed by atoms with van der Waals surface area (Å²) in [7, 11) is 0. The summed E-state index contributed by atoms with van der Waals surface area (Å²) < 4.78 is 10.8. The van der Waals surface area contributed by atoms with Crippen LogP contribution < -0.4 is 20.1 Å². The van der Waals surface area contributed by atoms with Crippen molar-refractivity contribution in [2.75, 3.05) is 23.8 Å². The van der Waals surface area contributed by atoms with Gasteiger partial charge >= 0.3 is 41.9 Å². The summed E-state index contributed by atoms with van der Waals surface area (Å²) in [4.78, 5) is 0. The van der Waals surface area contributed by atoms with E-state index in [4.69, 9.17) is 21.7 Å². The number of hydrogen-bond donors (Lipinski definition) is 2. The minimum absolute atomic E-state index is 0. The van der Waals surface area contributed by atoms with Crippen LogP contribution in [-0.4, -0.2) is 23.8 Å². The normalized spacial score (nSPS) is 9.70. The van der Waals surface area contributed by atoms with Gasteiger partial charge in [0.1, 0.15) is 11.5 Å². The Labute approximate surface area is 307 Å². The second-order valence-electron chi connectivity index (χ2n) is 10.8. The average Bonchev–Trinajstić information content (AvgIpc) is 3.60. The number of aryl methyl sites for hydroxylation is 2. The van der Waals surface area contributed by atoms with Gasteiger partial charge in [0.25, 0.3) is 0 Å². The van der Waals surface area contributed by atoms with E-state index in [1.165, 1.54) is 32.7 Å². The van der Waals surface area contributed by atoms with Crippen LogP contribution in [0.15, 0.2) is 121 Å². The fraction of sp³-hybridized carbons (Fsp3) is 0.205. The van der Waals surface area contributed by atoms with Crippen molar-refractivity contribution >= 4 is 68.1 Å². The fourth-order valence-corrected chi connectivity index (χ4v) is 4.74. The smallest absolute Gasteiger partial charge is 0.0579 e. The maximum absolute atomic E-state index is 5.40. The van der Waals surface area contributed by atoms with Gasteiger partial charge in [0.15, 0.2) is 5.11 Å². The summed E-state index contributed by atoms with van der Waals surface area (Å²) in [6, 6.07) is 41.0. The molecule has 4 nitrogen and oxygen atoms in total. The van der Waals surface area contributed by atoms with Gasteiger partial charge in [-0.2, -0.15) is 12.1 Å². The molecule has 47 heavy (non-hydrogen) atoms. The number of ether oxygens (including phenoxy) is 2. The molecule has 0 bridgehead atoms. The molecule has 0 aliphatic rings. The Hall–Kier alpha value is -3.22. The van der Waals surface area contributed by atoms with Crippen LogP contribution in [-0.2, 0) is 23.3 Å². The SMILES string of the molecule is CCOc1ccc(NC(=S)Nc2ccc(OCC)cc2)cc1.C[Si](C)=[Zr+2].Cc1cc2ccccc2[cH-]1.Cc1cc2ccccc2[cH-]1.Cl. The first kappa shape index (κ1) is 40.0. The fourth-order valence-electron chi connectivity index (χ4n) is 4.51. The predicted octanol–water partition coefficient (Wildman–Crippen LogP) is 11.2. The number of hydrogen-bond acceptors (Lipinski definition) is 3. The Morgan fingerprint density at radius 2 is 1.00 bits per heavy atom. The summed E-state index contributed by atoms with van der Waals surface area (Å²) in [6.45, 7) is 14.1. The number of benzene rings is 4. The molecule has 2 N–H and O–H groups in total. The van der Waals surface area contributed by atoms with Crippen LogP contribution in [0.2, 0.25) is 13.1 Å². The van der Waals surface area contributed by atoms with Gasteiger partial charge in [-0.1, -0.05) is 26.0 Å². The molecule has 6 aromatic carbocycles. The third-order valence-corrected chi connectivity index (χ3v) is 6.58. The number of halogens is 1. The molecule has 0 spiro atoms. The van der Waals surface area contributed by atoms with Crippen molar-refractivity contribution in [2.45, 2.75) is 40.8 Å². The third kappa shape index (κ3) is 15.0. The molecule has 0 unspecified atom stereocenters. The van der Waals surface area contributed by atoms with Crippen LogP contribution in [0.5, 0.6) is 11.5 Å². The van der Waals surface area contributed by atoms with Crippen molar-refractivity contribution in [3.05, 3.63) is 132 Å². The van der Waals surface area contributed by atoms with Crippen LogP contribution in [0, 0.1) is 13.8 Å². The molecular formula is C39H45ClN2O2SSiZr. The maximum Gasteiger partial charge on any atom is -0.0579 e. The summed E-state index contributed by atoms with van der Waals surface area (Å²) in [6.07, 6.45) is 0. The van der Waals surface area contributed by atoms with Crippen LogP contribution in [0.1, 0.15) is 25.0 Å². The number of fused-ring (bicyclic) bond motifs is 2. The molecule has 6 rings (SSSR count). The Kier molecular flexibility index (Phi) is 18.4. The Bertz CT molecular complexity index is 1600. The van der Waals surface area contributed by atoms with Crippen molar-refractivity contribution in [1.82, 2.24) is 0 Å². The van der Waals surface area contributed by atoms with Crippen LogP contribution in [0.4, 0.5) is 11.4 Å². The predicted molar refractivity (Wildman–Crippen MR) is 208 cm³/mol. The molecule has 0 aliphatic heterocycles. The molecule has 0 atom stereocenters. The molecule has 8 heteroatoms. The standard InChI is InChI=1S/C17H20N2O2S.2C10H9.C2H6Si.ClH.Zr/c1-3-20-15-9-5-13(6-10-15)18-17(22)19-14-7-11-16(12-8-14)21-4-2;2*1-8-6-9-4-2-3-5-10(9)7-8;1-3-2;;/h5-12H,3-4H2,1-2H3,(H2,18,19,22);2*2-7H,1H3;1-2H3;1H;/q;2*-1;;;+2. The molecule has 0 fully saturated rings. The molecule has 0 aliphatic carbocycles. The Morgan fingerprint density at radius 3 is 1.32 bits per heavy atom. The number of nitrogens with one attached hydrogen (secondary N) is 2.